The van der Waals surface area contributed by atoms with Crippen molar-refractivity contribution in [3.8, 4) is 0 Å². The van der Waals surface area contributed by atoms with Crippen LogP contribution in [-0.2, 0) is 4.79 Å². The van der Waals surface area contributed by atoms with E-state index in [1.54, 1.807) is 17.0 Å². The number of rotatable bonds is 9. The van der Waals surface area contributed by atoms with Crippen molar-refractivity contribution in [2.24, 2.45) is 4.99 Å². The number of hydrogen-bond donors (Lipinski definition) is 2. The number of nitrogens with one attached hydrogen (secondary N) is 2. The zero-order valence-corrected chi connectivity index (χ0v) is 19.0. The maximum absolute atomic E-state index is 12.2. The molecule has 1 rings (SSSR count). The molecule has 27 heavy (non-hydrogen) atoms. The Hall–Kier alpha value is -1.84. The molecule has 0 saturated heterocycles. The van der Waals surface area contributed by atoms with Crippen LogP contribution in [0.4, 0.5) is 0 Å². The van der Waals surface area contributed by atoms with Crippen molar-refractivity contribution in [2.75, 3.05) is 46.3 Å². The molecule has 0 atom stereocenters. The van der Waals surface area contributed by atoms with E-state index in [0.717, 1.165) is 0 Å². The fourth-order valence-electron chi connectivity index (χ4n) is 2.45. The Bertz CT molecular complexity index is 591. The third kappa shape index (κ3) is 9.07. The summed E-state index contributed by atoms with van der Waals surface area (Å²) in [7, 11) is 1.84. The highest BCUT2D eigenvalue weighted by Crippen LogP contribution is 1.97. The summed E-state index contributed by atoms with van der Waals surface area (Å²) < 4.78 is 0. The molecule has 0 heterocycles. The molecule has 0 aliphatic carbocycles. The highest BCUT2D eigenvalue weighted by molar-refractivity contribution is 14.0. The monoisotopic (exact) mass is 489 g/mol. The topological polar surface area (TPSA) is 77.0 Å². The van der Waals surface area contributed by atoms with E-state index in [2.05, 4.69) is 15.6 Å². The Kier molecular flexibility index (Phi) is 13.3. The van der Waals surface area contributed by atoms with E-state index in [1.807, 2.05) is 50.9 Å². The van der Waals surface area contributed by atoms with Crippen molar-refractivity contribution in [2.45, 2.75) is 20.8 Å². The van der Waals surface area contributed by atoms with Crippen molar-refractivity contribution < 1.29 is 9.59 Å². The van der Waals surface area contributed by atoms with Gasteiger partial charge in [0.1, 0.15) is 0 Å². The van der Waals surface area contributed by atoms with Gasteiger partial charge in [-0.1, -0.05) is 18.2 Å². The molecule has 0 bridgehead atoms. The molecule has 152 valence electrons. The van der Waals surface area contributed by atoms with Gasteiger partial charge in [-0.2, -0.15) is 0 Å². The first-order valence-corrected chi connectivity index (χ1v) is 9.13. The molecule has 0 fully saturated rings. The van der Waals surface area contributed by atoms with Gasteiger partial charge in [0.25, 0.3) is 5.91 Å². The minimum atomic E-state index is -0.115. The average molecular weight is 489 g/mol. The lowest BCUT2D eigenvalue weighted by atomic mass is 10.2. The first-order valence-electron chi connectivity index (χ1n) is 9.13. The number of carbonyl (C=O) groups excluding carboxylic acids is 2. The Morgan fingerprint density at radius 3 is 2.22 bits per heavy atom. The standard InChI is InChI=1S/C19H31N5O2.HI/c1-5-20-19(23(4)15-17(25)24(6-2)7-3)22-14-13-21-18(26)16-11-9-8-10-12-16;/h8-12H,5-7,13-15H2,1-4H3,(H,20,22)(H,21,26);1H. The number of carbonyl (C=O) groups is 2. The predicted molar refractivity (Wildman–Crippen MR) is 121 cm³/mol. The van der Waals surface area contributed by atoms with E-state index in [9.17, 15) is 9.59 Å². The van der Waals surface area contributed by atoms with Crippen molar-refractivity contribution in [1.29, 1.82) is 0 Å². The molecular weight excluding hydrogens is 457 g/mol. The van der Waals surface area contributed by atoms with E-state index in [0.29, 0.717) is 44.2 Å². The Morgan fingerprint density at radius 1 is 1.04 bits per heavy atom. The normalized spacial score (nSPS) is 10.6. The number of likely N-dealkylation sites (N-methyl/N-ethyl adjacent to an activating group) is 2. The first kappa shape index (κ1) is 25.2. The van der Waals surface area contributed by atoms with Gasteiger partial charge in [-0.25, -0.2) is 0 Å². The van der Waals surface area contributed by atoms with Crippen molar-refractivity contribution in [1.82, 2.24) is 20.4 Å². The van der Waals surface area contributed by atoms with Gasteiger partial charge >= 0.3 is 0 Å². The van der Waals surface area contributed by atoms with E-state index in [1.165, 1.54) is 0 Å². The Labute approximate surface area is 179 Å². The number of nitrogens with zero attached hydrogens (tertiary/aromatic N) is 3. The largest absolute Gasteiger partial charge is 0.357 e. The summed E-state index contributed by atoms with van der Waals surface area (Å²) in [5, 5.41) is 6.02. The number of benzene rings is 1. The molecule has 0 saturated carbocycles. The number of guanidine groups is 1. The number of halogens is 1. The fourth-order valence-corrected chi connectivity index (χ4v) is 2.45. The van der Waals surface area contributed by atoms with Crippen LogP contribution in [0, 0.1) is 0 Å². The maximum Gasteiger partial charge on any atom is 0.251 e. The minimum Gasteiger partial charge on any atom is -0.357 e. The van der Waals surface area contributed by atoms with Crippen molar-refractivity contribution in [3.05, 3.63) is 35.9 Å². The van der Waals surface area contributed by atoms with Gasteiger partial charge in [0.2, 0.25) is 5.91 Å². The van der Waals surface area contributed by atoms with Crippen molar-refractivity contribution in [3.63, 3.8) is 0 Å². The van der Waals surface area contributed by atoms with Crippen LogP contribution in [0.15, 0.2) is 35.3 Å². The lowest BCUT2D eigenvalue weighted by molar-refractivity contribution is -0.131. The molecule has 7 nitrogen and oxygen atoms in total. The van der Waals surface area contributed by atoms with E-state index in [4.69, 9.17) is 0 Å². The number of amides is 2. The molecule has 0 spiro atoms. The third-order valence-corrected chi connectivity index (χ3v) is 3.88. The molecule has 0 aliphatic heterocycles. The summed E-state index contributed by atoms with van der Waals surface area (Å²) in [5.41, 5.74) is 0.630. The second kappa shape index (κ2) is 14.2. The Balaban J connectivity index is 0.00000676. The summed E-state index contributed by atoms with van der Waals surface area (Å²) in [6.45, 7) is 9.15. The van der Waals surface area contributed by atoms with Gasteiger partial charge in [0.05, 0.1) is 13.1 Å². The van der Waals surface area contributed by atoms with Gasteiger partial charge in [-0.3, -0.25) is 14.6 Å². The third-order valence-electron chi connectivity index (χ3n) is 3.88. The lowest BCUT2D eigenvalue weighted by Crippen LogP contribution is -2.46. The van der Waals surface area contributed by atoms with Crippen LogP contribution in [0.25, 0.3) is 0 Å². The van der Waals surface area contributed by atoms with Gasteiger partial charge in [0.15, 0.2) is 5.96 Å². The van der Waals surface area contributed by atoms with Crippen LogP contribution in [0.5, 0.6) is 0 Å². The van der Waals surface area contributed by atoms with Crippen LogP contribution in [0.3, 0.4) is 0 Å². The SMILES string of the molecule is CCNC(=NCCNC(=O)c1ccccc1)N(C)CC(=O)N(CC)CC.I. The van der Waals surface area contributed by atoms with Gasteiger partial charge in [0, 0.05) is 38.8 Å². The zero-order chi connectivity index (χ0) is 19.4. The van der Waals surface area contributed by atoms with E-state index < -0.39 is 0 Å². The average Bonchev–Trinajstić information content (AvgIpc) is 2.65. The fraction of sp³-hybridized carbons (Fsp3) is 0.526. The van der Waals surface area contributed by atoms with Crippen LogP contribution < -0.4 is 10.6 Å². The van der Waals surface area contributed by atoms with Crippen LogP contribution in [0.2, 0.25) is 0 Å². The van der Waals surface area contributed by atoms with E-state index >= 15 is 0 Å². The van der Waals surface area contributed by atoms with Gasteiger partial charge in [-0.15, -0.1) is 24.0 Å². The molecule has 1 aromatic rings. The number of aliphatic imine (C=N–C) groups is 1. The zero-order valence-electron chi connectivity index (χ0n) is 16.7. The summed E-state index contributed by atoms with van der Waals surface area (Å²) >= 11 is 0. The lowest BCUT2D eigenvalue weighted by Gasteiger charge is -2.25. The summed E-state index contributed by atoms with van der Waals surface area (Å²) in [6.07, 6.45) is 0. The maximum atomic E-state index is 12.2. The molecule has 2 N–H and O–H groups in total. The van der Waals surface area contributed by atoms with Crippen molar-refractivity contribution >= 4 is 41.8 Å². The van der Waals surface area contributed by atoms with Crippen LogP contribution in [0.1, 0.15) is 31.1 Å². The highest BCUT2D eigenvalue weighted by Gasteiger charge is 2.14. The smallest absolute Gasteiger partial charge is 0.251 e. The first-order chi connectivity index (χ1) is 12.5. The Morgan fingerprint density at radius 2 is 1.67 bits per heavy atom. The second-order valence-corrected chi connectivity index (χ2v) is 5.78. The molecule has 1 aromatic carbocycles. The summed E-state index contributed by atoms with van der Waals surface area (Å²) in [6, 6.07) is 9.08. The van der Waals surface area contributed by atoms with Crippen LogP contribution >= 0.6 is 24.0 Å². The predicted octanol–water partition coefficient (Wildman–Crippen LogP) is 1.80. The van der Waals surface area contributed by atoms with Crippen LogP contribution in [-0.4, -0.2) is 73.9 Å². The molecule has 2 amide bonds. The van der Waals surface area contributed by atoms with Gasteiger partial charge < -0.3 is 20.4 Å². The quantitative estimate of drug-likeness (QED) is 0.240. The molecule has 0 aliphatic rings. The molecule has 0 unspecified atom stereocenters. The summed E-state index contributed by atoms with van der Waals surface area (Å²) in [4.78, 5) is 32.3. The molecule has 0 radical (unpaired) electrons. The molecule has 8 heteroatoms. The molecule has 0 aromatic heterocycles. The molecular formula is C19H32IN5O2. The second-order valence-electron chi connectivity index (χ2n) is 5.78. The number of hydrogen-bond acceptors (Lipinski definition) is 3. The van der Waals surface area contributed by atoms with E-state index in [-0.39, 0.29) is 42.3 Å². The highest BCUT2D eigenvalue weighted by atomic mass is 127. The summed E-state index contributed by atoms with van der Waals surface area (Å²) in [5.74, 6) is 0.610. The minimum absolute atomic E-state index is 0. The van der Waals surface area contributed by atoms with Gasteiger partial charge in [-0.05, 0) is 32.9 Å².